The highest BCUT2D eigenvalue weighted by atomic mass is 19.2. The Morgan fingerprint density at radius 3 is 2.70 bits per heavy atom. The van der Waals surface area contributed by atoms with Gasteiger partial charge in [0.2, 0.25) is 0 Å². The van der Waals surface area contributed by atoms with Gasteiger partial charge in [0.15, 0.2) is 11.6 Å². The lowest BCUT2D eigenvalue weighted by Crippen LogP contribution is -2.05. The summed E-state index contributed by atoms with van der Waals surface area (Å²) in [4.78, 5) is 11.1. The van der Waals surface area contributed by atoms with Crippen molar-refractivity contribution in [2.45, 2.75) is 13.5 Å². The van der Waals surface area contributed by atoms with Gasteiger partial charge in [-0.1, -0.05) is 18.2 Å². The van der Waals surface area contributed by atoms with E-state index in [2.05, 4.69) is 0 Å². The monoisotopic (exact) mass is 278 g/mol. The fourth-order valence-electron chi connectivity index (χ4n) is 1.74. The summed E-state index contributed by atoms with van der Waals surface area (Å²) in [6.45, 7) is 1.54. The van der Waals surface area contributed by atoms with Crippen molar-refractivity contribution in [3.8, 4) is 5.75 Å². The van der Waals surface area contributed by atoms with E-state index in [1.54, 1.807) is 19.1 Å². The zero-order valence-corrected chi connectivity index (χ0v) is 10.7. The number of carboxylic acid groups (broad SMARTS) is 1. The fraction of sp³-hybridized carbons (Fsp3) is 0.133. The van der Waals surface area contributed by atoms with Crippen molar-refractivity contribution in [3.05, 3.63) is 64.7 Å². The number of ether oxygens (including phenoxy) is 1. The van der Waals surface area contributed by atoms with E-state index >= 15 is 0 Å². The molecule has 0 aliphatic carbocycles. The Morgan fingerprint density at radius 1 is 1.25 bits per heavy atom. The molecule has 0 atom stereocenters. The third-order valence-electron chi connectivity index (χ3n) is 2.78. The first-order chi connectivity index (χ1) is 9.49. The highest BCUT2D eigenvalue weighted by Gasteiger charge is 2.13. The molecule has 0 aromatic heterocycles. The highest BCUT2D eigenvalue weighted by Crippen LogP contribution is 2.22. The van der Waals surface area contributed by atoms with Crippen LogP contribution >= 0.6 is 0 Å². The van der Waals surface area contributed by atoms with Gasteiger partial charge in [-0.25, -0.2) is 13.6 Å². The standard InChI is InChI=1S/C15H12F2O3/c1-9-5-6-11(15(18)19)13(7-9)20-8-10-3-2-4-12(16)14(10)17/h2-7H,8H2,1H3,(H,18,19). The van der Waals surface area contributed by atoms with Crippen LogP contribution in [0.2, 0.25) is 0 Å². The van der Waals surface area contributed by atoms with E-state index in [4.69, 9.17) is 9.84 Å². The molecular weight excluding hydrogens is 266 g/mol. The smallest absolute Gasteiger partial charge is 0.339 e. The van der Waals surface area contributed by atoms with Gasteiger partial charge in [-0.3, -0.25) is 0 Å². The second kappa shape index (κ2) is 5.69. The first-order valence-corrected chi connectivity index (χ1v) is 5.88. The van der Waals surface area contributed by atoms with E-state index in [-0.39, 0.29) is 23.5 Å². The molecule has 0 spiro atoms. The first-order valence-electron chi connectivity index (χ1n) is 5.88. The van der Waals surface area contributed by atoms with Crippen LogP contribution in [0.5, 0.6) is 5.75 Å². The maximum atomic E-state index is 13.5. The minimum Gasteiger partial charge on any atom is -0.488 e. The molecule has 20 heavy (non-hydrogen) atoms. The van der Waals surface area contributed by atoms with Crippen LogP contribution in [0, 0.1) is 18.6 Å². The summed E-state index contributed by atoms with van der Waals surface area (Å²) in [6, 6.07) is 8.35. The van der Waals surface area contributed by atoms with Crippen LogP contribution in [0.15, 0.2) is 36.4 Å². The van der Waals surface area contributed by atoms with Crippen LogP contribution in [-0.4, -0.2) is 11.1 Å². The second-order valence-corrected chi connectivity index (χ2v) is 4.31. The van der Waals surface area contributed by atoms with Crippen LogP contribution < -0.4 is 4.74 Å². The number of benzene rings is 2. The Balaban J connectivity index is 2.24. The van der Waals surface area contributed by atoms with Gasteiger partial charge < -0.3 is 9.84 Å². The van der Waals surface area contributed by atoms with Crippen molar-refractivity contribution in [1.82, 2.24) is 0 Å². The number of hydrogen-bond donors (Lipinski definition) is 1. The molecule has 1 N–H and O–H groups in total. The number of halogens is 2. The topological polar surface area (TPSA) is 46.5 Å². The maximum Gasteiger partial charge on any atom is 0.339 e. The lowest BCUT2D eigenvalue weighted by atomic mass is 10.1. The van der Waals surface area contributed by atoms with E-state index in [9.17, 15) is 13.6 Å². The summed E-state index contributed by atoms with van der Waals surface area (Å²) in [5.74, 6) is -2.97. The molecule has 104 valence electrons. The quantitative estimate of drug-likeness (QED) is 0.930. The van der Waals surface area contributed by atoms with Gasteiger partial charge in [-0.2, -0.15) is 0 Å². The van der Waals surface area contributed by atoms with Crippen LogP contribution in [-0.2, 0) is 6.61 Å². The van der Waals surface area contributed by atoms with Crippen molar-refractivity contribution in [3.63, 3.8) is 0 Å². The maximum absolute atomic E-state index is 13.5. The zero-order chi connectivity index (χ0) is 14.7. The van der Waals surface area contributed by atoms with E-state index < -0.39 is 17.6 Å². The lowest BCUT2D eigenvalue weighted by Gasteiger charge is -2.10. The largest absolute Gasteiger partial charge is 0.488 e. The predicted molar refractivity (Wildman–Crippen MR) is 68.8 cm³/mol. The molecule has 2 aromatic rings. The van der Waals surface area contributed by atoms with E-state index in [0.29, 0.717) is 0 Å². The van der Waals surface area contributed by atoms with Crippen LogP contribution in [0.25, 0.3) is 0 Å². The minimum atomic E-state index is -1.14. The van der Waals surface area contributed by atoms with E-state index in [1.165, 1.54) is 18.2 Å². The molecule has 2 rings (SSSR count). The molecule has 0 fully saturated rings. The summed E-state index contributed by atoms with van der Waals surface area (Å²) >= 11 is 0. The molecular formula is C15H12F2O3. The fourth-order valence-corrected chi connectivity index (χ4v) is 1.74. The normalized spacial score (nSPS) is 10.3. The molecule has 0 unspecified atom stereocenters. The van der Waals surface area contributed by atoms with Crippen LogP contribution in [0.4, 0.5) is 8.78 Å². The Morgan fingerprint density at radius 2 is 2.00 bits per heavy atom. The van der Waals surface area contributed by atoms with Crippen LogP contribution in [0.1, 0.15) is 21.5 Å². The average Bonchev–Trinajstić information content (AvgIpc) is 2.40. The molecule has 5 heteroatoms. The summed E-state index contributed by atoms with van der Waals surface area (Å²) in [5.41, 5.74) is 0.819. The number of carboxylic acids is 1. The second-order valence-electron chi connectivity index (χ2n) is 4.31. The van der Waals surface area contributed by atoms with Crippen molar-refractivity contribution < 1.29 is 23.4 Å². The van der Waals surface area contributed by atoms with Gasteiger partial charge >= 0.3 is 5.97 Å². The SMILES string of the molecule is Cc1ccc(C(=O)O)c(OCc2cccc(F)c2F)c1. The Hall–Kier alpha value is -2.43. The molecule has 2 aromatic carbocycles. The third kappa shape index (κ3) is 2.93. The predicted octanol–water partition coefficient (Wildman–Crippen LogP) is 3.55. The van der Waals surface area contributed by atoms with Crippen molar-refractivity contribution in [2.75, 3.05) is 0 Å². The molecule has 0 aliphatic heterocycles. The summed E-state index contributed by atoms with van der Waals surface area (Å²) in [7, 11) is 0. The van der Waals surface area contributed by atoms with Crippen LogP contribution in [0.3, 0.4) is 0 Å². The Bertz CT molecular complexity index is 654. The molecule has 0 aliphatic rings. The van der Waals surface area contributed by atoms with Gasteiger partial charge in [0.25, 0.3) is 0 Å². The van der Waals surface area contributed by atoms with E-state index in [1.807, 2.05) is 0 Å². The number of carbonyl (C=O) groups is 1. The molecule has 3 nitrogen and oxygen atoms in total. The Labute approximate surface area is 114 Å². The molecule has 0 bridgehead atoms. The lowest BCUT2D eigenvalue weighted by molar-refractivity contribution is 0.0691. The number of rotatable bonds is 4. The number of hydrogen-bond acceptors (Lipinski definition) is 2. The molecule has 0 radical (unpaired) electrons. The zero-order valence-electron chi connectivity index (χ0n) is 10.7. The number of aromatic carboxylic acids is 1. The van der Waals surface area contributed by atoms with Gasteiger partial charge in [0.1, 0.15) is 17.9 Å². The van der Waals surface area contributed by atoms with Gasteiger partial charge in [0.05, 0.1) is 0 Å². The van der Waals surface area contributed by atoms with Crippen molar-refractivity contribution in [1.29, 1.82) is 0 Å². The minimum absolute atomic E-state index is 0.0209. The van der Waals surface area contributed by atoms with Crippen molar-refractivity contribution in [2.24, 2.45) is 0 Å². The highest BCUT2D eigenvalue weighted by molar-refractivity contribution is 5.90. The van der Waals surface area contributed by atoms with Crippen molar-refractivity contribution >= 4 is 5.97 Å². The summed E-state index contributed by atoms with van der Waals surface area (Å²) in [6.07, 6.45) is 0. The van der Waals surface area contributed by atoms with Gasteiger partial charge in [-0.05, 0) is 30.7 Å². The van der Waals surface area contributed by atoms with Gasteiger partial charge in [-0.15, -0.1) is 0 Å². The average molecular weight is 278 g/mol. The molecule has 0 heterocycles. The third-order valence-corrected chi connectivity index (χ3v) is 2.78. The molecule has 0 saturated carbocycles. The number of aryl methyl sites for hydroxylation is 1. The van der Waals surface area contributed by atoms with E-state index in [0.717, 1.165) is 11.6 Å². The Kier molecular flexibility index (Phi) is 3.98. The molecule has 0 saturated heterocycles. The molecule has 0 amide bonds. The van der Waals surface area contributed by atoms with Gasteiger partial charge in [0, 0.05) is 5.56 Å². The summed E-state index contributed by atoms with van der Waals surface area (Å²) < 4.78 is 31.8. The first kappa shape index (κ1) is 14.0. The summed E-state index contributed by atoms with van der Waals surface area (Å²) in [5, 5.41) is 9.04.